The Labute approximate surface area is 126 Å². The average Bonchev–Trinajstić information content (AvgIpc) is 2.84. The molecule has 1 aromatic rings. The summed E-state index contributed by atoms with van der Waals surface area (Å²) in [5.74, 6) is 0.235. The fourth-order valence-electron chi connectivity index (χ4n) is 3.11. The number of likely N-dealkylation sites (tertiary alicyclic amines) is 1. The normalized spacial score (nSPS) is 22.4. The highest BCUT2D eigenvalue weighted by Crippen LogP contribution is 2.35. The molecule has 0 saturated carbocycles. The van der Waals surface area contributed by atoms with Gasteiger partial charge < -0.3 is 9.84 Å². The number of nitrogens with zero attached hydrogens (tertiary/aromatic N) is 1. The van der Waals surface area contributed by atoms with Gasteiger partial charge in [-0.15, -0.1) is 0 Å². The van der Waals surface area contributed by atoms with Gasteiger partial charge in [-0.2, -0.15) is 0 Å². The van der Waals surface area contributed by atoms with Gasteiger partial charge in [-0.3, -0.25) is 9.69 Å². The lowest BCUT2D eigenvalue weighted by Crippen LogP contribution is -2.35. The summed E-state index contributed by atoms with van der Waals surface area (Å²) in [6.07, 6.45) is 2.43. The Hall–Kier alpha value is -1.55. The molecule has 4 nitrogen and oxygen atoms in total. The second-order valence-corrected chi connectivity index (χ2v) is 6.03. The third-order valence-corrected chi connectivity index (χ3v) is 4.28. The highest BCUT2D eigenvalue weighted by Gasteiger charge is 2.43. The molecular weight excluding hydrogens is 266 g/mol. The van der Waals surface area contributed by atoms with Crippen molar-refractivity contribution >= 4 is 5.97 Å². The average molecular weight is 291 g/mol. The van der Waals surface area contributed by atoms with E-state index in [2.05, 4.69) is 4.90 Å². The van der Waals surface area contributed by atoms with Crippen molar-refractivity contribution in [2.75, 3.05) is 26.2 Å². The first-order valence-corrected chi connectivity index (χ1v) is 7.71. The molecule has 1 unspecified atom stereocenters. The van der Waals surface area contributed by atoms with Crippen molar-refractivity contribution in [3.63, 3.8) is 0 Å². The SMILES string of the molecule is CCCC1(C(=O)O)CCN(CCOc2cccc(C)c2)C1. The summed E-state index contributed by atoms with van der Waals surface area (Å²) >= 11 is 0. The molecule has 1 heterocycles. The molecular formula is C17H25NO3. The second-order valence-electron chi connectivity index (χ2n) is 6.03. The predicted molar refractivity (Wildman–Crippen MR) is 82.7 cm³/mol. The van der Waals surface area contributed by atoms with Gasteiger partial charge >= 0.3 is 5.97 Å². The van der Waals surface area contributed by atoms with E-state index in [1.54, 1.807) is 0 Å². The summed E-state index contributed by atoms with van der Waals surface area (Å²) in [7, 11) is 0. The van der Waals surface area contributed by atoms with Crippen LogP contribution in [0, 0.1) is 12.3 Å². The number of benzene rings is 1. The van der Waals surface area contributed by atoms with E-state index < -0.39 is 11.4 Å². The van der Waals surface area contributed by atoms with Gasteiger partial charge in [0.2, 0.25) is 0 Å². The molecule has 4 heteroatoms. The maximum Gasteiger partial charge on any atom is 0.310 e. The smallest absolute Gasteiger partial charge is 0.310 e. The van der Waals surface area contributed by atoms with E-state index in [1.807, 2.05) is 38.1 Å². The minimum absolute atomic E-state index is 0.544. The van der Waals surface area contributed by atoms with Crippen LogP contribution in [-0.4, -0.2) is 42.2 Å². The minimum Gasteiger partial charge on any atom is -0.492 e. The van der Waals surface area contributed by atoms with E-state index in [-0.39, 0.29) is 0 Å². The monoisotopic (exact) mass is 291 g/mol. The number of rotatable bonds is 7. The standard InChI is InChI=1S/C17H25NO3/c1-3-7-17(16(19)20)8-9-18(13-17)10-11-21-15-6-4-5-14(2)12-15/h4-6,12H,3,7-11,13H2,1-2H3,(H,19,20). The Kier molecular flexibility index (Phi) is 5.23. The number of ether oxygens (including phenoxy) is 1. The third kappa shape index (κ3) is 3.97. The molecule has 21 heavy (non-hydrogen) atoms. The van der Waals surface area contributed by atoms with E-state index >= 15 is 0 Å². The quantitative estimate of drug-likeness (QED) is 0.839. The van der Waals surface area contributed by atoms with Gasteiger partial charge in [-0.1, -0.05) is 25.5 Å². The van der Waals surface area contributed by atoms with E-state index in [0.29, 0.717) is 13.2 Å². The Morgan fingerprint density at radius 2 is 2.29 bits per heavy atom. The molecule has 1 fully saturated rings. The Balaban J connectivity index is 1.81. The summed E-state index contributed by atoms with van der Waals surface area (Å²) in [6.45, 7) is 6.97. The number of hydrogen-bond donors (Lipinski definition) is 1. The molecule has 1 aliphatic rings. The first kappa shape index (κ1) is 15.8. The summed E-state index contributed by atoms with van der Waals surface area (Å²) in [4.78, 5) is 13.7. The fourth-order valence-corrected chi connectivity index (χ4v) is 3.11. The molecule has 116 valence electrons. The molecule has 2 rings (SSSR count). The Morgan fingerprint density at radius 3 is 2.95 bits per heavy atom. The van der Waals surface area contributed by atoms with E-state index in [0.717, 1.165) is 38.1 Å². The molecule has 0 bridgehead atoms. The van der Waals surface area contributed by atoms with Crippen molar-refractivity contribution in [2.24, 2.45) is 5.41 Å². The van der Waals surface area contributed by atoms with Gasteiger partial charge in [0.15, 0.2) is 0 Å². The second kappa shape index (κ2) is 6.94. The van der Waals surface area contributed by atoms with Crippen LogP contribution < -0.4 is 4.74 Å². The van der Waals surface area contributed by atoms with Crippen LogP contribution in [-0.2, 0) is 4.79 Å². The van der Waals surface area contributed by atoms with Crippen LogP contribution in [0.15, 0.2) is 24.3 Å². The molecule has 0 aromatic heterocycles. The molecule has 0 spiro atoms. The number of hydrogen-bond acceptors (Lipinski definition) is 3. The zero-order valence-electron chi connectivity index (χ0n) is 13.0. The summed E-state index contributed by atoms with van der Waals surface area (Å²) in [5, 5.41) is 9.49. The number of carboxylic acids is 1. The molecule has 1 aromatic carbocycles. The van der Waals surface area contributed by atoms with Crippen molar-refractivity contribution in [1.82, 2.24) is 4.90 Å². The van der Waals surface area contributed by atoms with Crippen LogP contribution >= 0.6 is 0 Å². The molecule has 1 saturated heterocycles. The predicted octanol–water partition coefficient (Wildman–Crippen LogP) is 2.95. The molecule has 0 amide bonds. The van der Waals surface area contributed by atoms with Crippen molar-refractivity contribution in [2.45, 2.75) is 33.1 Å². The molecule has 1 N–H and O–H groups in total. The largest absolute Gasteiger partial charge is 0.492 e. The highest BCUT2D eigenvalue weighted by molar-refractivity contribution is 5.75. The van der Waals surface area contributed by atoms with Crippen molar-refractivity contribution in [1.29, 1.82) is 0 Å². The van der Waals surface area contributed by atoms with Crippen LogP contribution in [0.25, 0.3) is 0 Å². The molecule has 0 aliphatic carbocycles. The molecule has 0 radical (unpaired) electrons. The van der Waals surface area contributed by atoms with Crippen molar-refractivity contribution in [3.8, 4) is 5.75 Å². The zero-order valence-corrected chi connectivity index (χ0v) is 13.0. The Bertz CT molecular complexity index is 489. The topological polar surface area (TPSA) is 49.8 Å². The minimum atomic E-state index is -0.647. The van der Waals surface area contributed by atoms with Crippen LogP contribution in [0.3, 0.4) is 0 Å². The van der Waals surface area contributed by atoms with Crippen LogP contribution in [0.2, 0.25) is 0 Å². The first-order chi connectivity index (χ1) is 10.1. The number of aryl methyl sites for hydroxylation is 1. The lowest BCUT2D eigenvalue weighted by Gasteiger charge is -2.24. The van der Waals surface area contributed by atoms with Crippen molar-refractivity contribution < 1.29 is 14.6 Å². The van der Waals surface area contributed by atoms with Gasteiger partial charge in [-0.25, -0.2) is 0 Å². The van der Waals surface area contributed by atoms with E-state index in [4.69, 9.17) is 4.74 Å². The van der Waals surface area contributed by atoms with Gasteiger partial charge in [0.1, 0.15) is 12.4 Å². The van der Waals surface area contributed by atoms with Crippen LogP contribution in [0.1, 0.15) is 31.7 Å². The molecule has 1 aliphatic heterocycles. The number of carboxylic acid groups (broad SMARTS) is 1. The Morgan fingerprint density at radius 1 is 1.48 bits per heavy atom. The zero-order chi connectivity index (χ0) is 15.3. The van der Waals surface area contributed by atoms with E-state index in [1.165, 1.54) is 5.56 Å². The third-order valence-electron chi connectivity index (χ3n) is 4.28. The lowest BCUT2D eigenvalue weighted by molar-refractivity contribution is -0.148. The summed E-state index contributed by atoms with van der Waals surface area (Å²) in [6, 6.07) is 7.99. The van der Waals surface area contributed by atoms with Gasteiger partial charge in [0.25, 0.3) is 0 Å². The fraction of sp³-hybridized carbons (Fsp3) is 0.588. The van der Waals surface area contributed by atoms with Crippen molar-refractivity contribution in [3.05, 3.63) is 29.8 Å². The maximum atomic E-state index is 11.5. The number of aliphatic carboxylic acids is 1. The summed E-state index contributed by atoms with van der Waals surface area (Å²) in [5.41, 5.74) is 0.638. The van der Waals surface area contributed by atoms with Crippen LogP contribution in [0.5, 0.6) is 5.75 Å². The number of carbonyl (C=O) groups is 1. The first-order valence-electron chi connectivity index (χ1n) is 7.71. The van der Waals surface area contributed by atoms with Gasteiger partial charge in [-0.05, 0) is 44.0 Å². The van der Waals surface area contributed by atoms with Gasteiger partial charge in [0.05, 0.1) is 5.41 Å². The lowest BCUT2D eigenvalue weighted by atomic mass is 9.83. The summed E-state index contributed by atoms with van der Waals surface area (Å²) < 4.78 is 5.75. The van der Waals surface area contributed by atoms with Crippen LogP contribution in [0.4, 0.5) is 0 Å². The highest BCUT2D eigenvalue weighted by atomic mass is 16.5. The molecule has 1 atom stereocenters. The van der Waals surface area contributed by atoms with Gasteiger partial charge in [0, 0.05) is 13.1 Å². The maximum absolute atomic E-state index is 11.5. The van der Waals surface area contributed by atoms with E-state index in [9.17, 15) is 9.90 Å².